The van der Waals surface area contributed by atoms with Gasteiger partial charge in [-0.2, -0.15) is 0 Å². The molecular weight excluding hydrogens is 448 g/mol. The summed E-state index contributed by atoms with van der Waals surface area (Å²) in [5.41, 5.74) is 1.60. The highest BCUT2D eigenvalue weighted by molar-refractivity contribution is 9.10. The molecule has 0 aliphatic rings. The average Bonchev–Trinajstić information content (AvgIpc) is 2.77. The van der Waals surface area contributed by atoms with E-state index in [9.17, 15) is 4.79 Å². The number of likely N-dealkylation sites (N-methyl/N-ethyl adjacent to an activating group) is 1. The van der Waals surface area contributed by atoms with Crippen molar-refractivity contribution >= 4 is 27.5 Å². The largest absolute Gasteiger partial charge is 0.489 e. The normalized spacial score (nSPS) is 11.0. The fourth-order valence-corrected chi connectivity index (χ4v) is 2.96. The van der Waals surface area contributed by atoms with Crippen molar-refractivity contribution in [2.45, 2.75) is 6.61 Å². The number of rotatable bonds is 8. The van der Waals surface area contributed by atoms with Crippen LogP contribution in [0.25, 0.3) is 0 Å². The third-order valence-corrected chi connectivity index (χ3v) is 4.64. The van der Waals surface area contributed by atoms with Crippen molar-refractivity contribution in [1.29, 1.82) is 0 Å². The Kier molecular flexibility index (Phi) is 7.45. The van der Waals surface area contributed by atoms with Gasteiger partial charge in [0, 0.05) is 11.5 Å². The van der Waals surface area contributed by atoms with Crippen molar-refractivity contribution in [2.75, 3.05) is 14.2 Å². The van der Waals surface area contributed by atoms with Gasteiger partial charge in [-0.3, -0.25) is 4.79 Å². The Morgan fingerprint density at radius 3 is 2.50 bits per heavy atom. The first-order valence-electron chi connectivity index (χ1n) is 9.18. The molecular formula is C23H21BrN2O4. The smallest absolute Gasteiger partial charge is 0.273 e. The second-order valence-electron chi connectivity index (χ2n) is 6.19. The second-order valence-corrected chi connectivity index (χ2v) is 7.11. The van der Waals surface area contributed by atoms with E-state index in [1.54, 1.807) is 18.2 Å². The van der Waals surface area contributed by atoms with Crippen molar-refractivity contribution in [2.24, 2.45) is 5.16 Å². The van der Waals surface area contributed by atoms with E-state index in [0.717, 1.165) is 15.8 Å². The lowest BCUT2D eigenvalue weighted by Gasteiger charge is -2.13. The third kappa shape index (κ3) is 5.61. The number of carbonyl (C=O) groups is 1. The Bertz CT molecular complexity index is 1040. The van der Waals surface area contributed by atoms with Gasteiger partial charge in [0.1, 0.15) is 31.0 Å². The highest BCUT2D eigenvalue weighted by Crippen LogP contribution is 2.27. The van der Waals surface area contributed by atoms with Gasteiger partial charge in [-0.15, -0.1) is 0 Å². The zero-order chi connectivity index (χ0) is 21.3. The maximum absolute atomic E-state index is 12.2. The fourth-order valence-electron chi connectivity index (χ4n) is 2.70. The molecule has 0 heterocycles. The number of ether oxygens (including phenoxy) is 2. The summed E-state index contributed by atoms with van der Waals surface area (Å²) in [5.74, 6) is 1.52. The molecule has 3 aromatic rings. The lowest BCUT2D eigenvalue weighted by atomic mass is 10.1. The predicted octanol–water partition coefficient (Wildman–Crippen LogP) is 4.92. The van der Waals surface area contributed by atoms with Crippen molar-refractivity contribution < 1.29 is 19.1 Å². The molecule has 0 unspecified atom stereocenters. The van der Waals surface area contributed by atoms with Crippen LogP contribution in [-0.4, -0.2) is 25.8 Å². The summed E-state index contributed by atoms with van der Waals surface area (Å²) in [4.78, 5) is 17.0. The molecule has 3 rings (SSSR count). The summed E-state index contributed by atoms with van der Waals surface area (Å²) in [6, 6.07) is 22.4. The monoisotopic (exact) mass is 468 g/mol. The number of nitrogens with one attached hydrogen (secondary N) is 1. The van der Waals surface area contributed by atoms with Crippen LogP contribution in [-0.2, 0) is 16.2 Å². The van der Waals surface area contributed by atoms with Gasteiger partial charge < -0.3 is 19.6 Å². The maximum atomic E-state index is 12.2. The maximum Gasteiger partial charge on any atom is 0.273 e. The van der Waals surface area contributed by atoms with Gasteiger partial charge in [-0.25, -0.2) is 0 Å². The van der Waals surface area contributed by atoms with Crippen LogP contribution in [0.3, 0.4) is 0 Å². The number of benzene rings is 3. The van der Waals surface area contributed by atoms with Crippen LogP contribution in [0.5, 0.6) is 17.2 Å². The quantitative estimate of drug-likeness (QED) is 0.376. The molecule has 1 amide bonds. The summed E-state index contributed by atoms with van der Waals surface area (Å²) >= 11 is 3.41. The Morgan fingerprint density at radius 2 is 1.77 bits per heavy atom. The van der Waals surface area contributed by atoms with Crippen molar-refractivity contribution in [3.63, 3.8) is 0 Å². The van der Waals surface area contributed by atoms with Crippen LogP contribution in [0, 0.1) is 0 Å². The number of hydrogen-bond acceptors (Lipinski definition) is 5. The molecule has 0 aliphatic heterocycles. The first-order valence-corrected chi connectivity index (χ1v) is 9.98. The molecule has 0 aliphatic carbocycles. The topological polar surface area (TPSA) is 69.2 Å². The van der Waals surface area contributed by atoms with Gasteiger partial charge in [0.15, 0.2) is 5.71 Å². The van der Waals surface area contributed by atoms with Gasteiger partial charge in [-0.1, -0.05) is 45.4 Å². The number of hydrogen-bond donors (Lipinski definition) is 1. The molecule has 30 heavy (non-hydrogen) atoms. The van der Waals surface area contributed by atoms with E-state index >= 15 is 0 Å². The van der Waals surface area contributed by atoms with Crippen molar-refractivity contribution in [1.82, 2.24) is 5.32 Å². The van der Waals surface area contributed by atoms with Crippen LogP contribution in [0.2, 0.25) is 0 Å². The summed E-state index contributed by atoms with van der Waals surface area (Å²) in [7, 11) is 2.92. The second kappa shape index (κ2) is 10.5. The number of carbonyl (C=O) groups excluding carboxylic acids is 1. The van der Waals surface area contributed by atoms with Crippen molar-refractivity contribution in [3.05, 3.63) is 88.4 Å². The highest BCUT2D eigenvalue weighted by atomic mass is 79.9. The number of para-hydroxylation sites is 1. The van der Waals surface area contributed by atoms with Crippen LogP contribution < -0.4 is 14.8 Å². The SMILES string of the molecule is CNC(=O)/C(=N\OC)c1ccccc1Oc1cccc(COc2ccc(Br)cc2)c1. The van der Waals surface area contributed by atoms with Crippen LogP contribution >= 0.6 is 15.9 Å². The molecule has 0 fully saturated rings. The lowest BCUT2D eigenvalue weighted by molar-refractivity contribution is -0.114. The molecule has 0 aromatic heterocycles. The molecule has 7 heteroatoms. The predicted molar refractivity (Wildman–Crippen MR) is 119 cm³/mol. The summed E-state index contributed by atoms with van der Waals surface area (Å²) < 4.78 is 12.9. The molecule has 0 bridgehead atoms. The van der Waals surface area contributed by atoms with Crippen LogP contribution in [0.1, 0.15) is 11.1 Å². The highest BCUT2D eigenvalue weighted by Gasteiger charge is 2.18. The van der Waals surface area contributed by atoms with Crippen molar-refractivity contribution in [3.8, 4) is 17.2 Å². The van der Waals surface area contributed by atoms with E-state index in [1.807, 2.05) is 54.6 Å². The zero-order valence-electron chi connectivity index (χ0n) is 16.6. The van der Waals surface area contributed by atoms with Crippen LogP contribution in [0.4, 0.5) is 0 Å². The molecule has 3 aromatic carbocycles. The molecule has 0 spiro atoms. The Labute approximate surface area is 183 Å². The standard InChI is InChI=1S/C23H21BrN2O4/c1-25-23(27)22(26-28-2)20-8-3-4-9-21(20)30-19-7-5-6-16(14-19)15-29-18-12-10-17(24)11-13-18/h3-14H,15H2,1-2H3,(H,25,27)/b26-22-. The number of nitrogens with zero attached hydrogens (tertiary/aromatic N) is 1. The summed E-state index contributed by atoms with van der Waals surface area (Å²) in [6.07, 6.45) is 0. The Hall–Kier alpha value is -3.32. The van der Waals surface area contributed by atoms with Gasteiger partial charge in [0.25, 0.3) is 5.91 Å². The molecule has 154 valence electrons. The number of amides is 1. The van der Waals surface area contributed by atoms with E-state index in [2.05, 4.69) is 26.4 Å². The van der Waals surface area contributed by atoms with Gasteiger partial charge in [-0.05, 0) is 54.1 Å². The minimum absolute atomic E-state index is 0.130. The van der Waals surface area contributed by atoms with Gasteiger partial charge >= 0.3 is 0 Å². The minimum Gasteiger partial charge on any atom is -0.489 e. The van der Waals surface area contributed by atoms with E-state index in [4.69, 9.17) is 14.3 Å². The Balaban J connectivity index is 1.78. The van der Waals surface area contributed by atoms with Gasteiger partial charge in [0.05, 0.1) is 5.56 Å². The molecule has 0 atom stereocenters. The van der Waals surface area contributed by atoms with Gasteiger partial charge in [0.2, 0.25) is 0 Å². The van der Waals surface area contributed by atoms with Crippen LogP contribution in [0.15, 0.2) is 82.4 Å². The number of halogens is 1. The van der Waals surface area contributed by atoms with E-state index in [0.29, 0.717) is 23.7 Å². The fraction of sp³-hybridized carbons (Fsp3) is 0.130. The first-order chi connectivity index (χ1) is 14.6. The Morgan fingerprint density at radius 1 is 1.00 bits per heavy atom. The lowest BCUT2D eigenvalue weighted by Crippen LogP contribution is -2.28. The third-order valence-electron chi connectivity index (χ3n) is 4.11. The van der Waals surface area contributed by atoms with E-state index in [-0.39, 0.29) is 11.6 Å². The molecule has 6 nitrogen and oxygen atoms in total. The summed E-state index contributed by atoms with van der Waals surface area (Å²) in [5, 5.41) is 6.41. The zero-order valence-corrected chi connectivity index (χ0v) is 18.2. The number of oxime groups is 1. The molecule has 0 radical (unpaired) electrons. The average molecular weight is 469 g/mol. The van der Waals surface area contributed by atoms with E-state index < -0.39 is 0 Å². The van der Waals surface area contributed by atoms with E-state index in [1.165, 1.54) is 14.2 Å². The molecule has 0 saturated carbocycles. The summed E-state index contributed by atoms with van der Waals surface area (Å²) in [6.45, 7) is 0.398. The molecule has 1 N–H and O–H groups in total. The first kappa shape index (κ1) is 21.4. The molecule has 0 saturated heterocycles. The minimum atomic E-state index is -0.371.